The van der Waals surface area contributed by atoms with Crippen molar-refractivity contribution in [2.24, 2.45) is 5.92 Å². The van der Waals surface area contributed by atoms with Gasteiger partial charge in [0.2, 0.25) is 0 Å². The second-order valence-corrected chi connectivity index (χ2v) is 8.80. The molecule has 1 aliphatic rings. The molecule has 0 aliphatic heterocycles. The second-order valence-electron chi connectivity index (χ2n) is 8.80. The van der Waals surface area contributed by atoms with Crippen molar-refractivity contribution in [2.75, 3.05) is 0 Å². The van der Waals surface area contributed by atoms with E-state index in [2.05, 4.69) is 41.8 Å². The minimum atomic E-state index is -0.208. The van der Waals surface area contributed by atoms with E-state index in [1.54, 1.807) is 12.1 Å². The Morgan fingerprint density at radius 3 is 2.35 bits per heavy atom. The lowest BCUT2D eigenvalue weighted by Gasteiger charge is -2.27. The highest BCUT2D eigenvalue weighted by Gasteiger charge is 2.25. The van der Waals surface area contributed by atoms with Gasteiger partial charge in [0.05, 0.1) is 5.52 Å². The van der Waals surface area contributed by atoms with Crippen molar-refractivity contribution in [1.29, 1.82) is 0 Å². The van der Waals surface area contributed by atoms with Crippen molar-refractivity contribution in [2.45, 2.75) is 45.1 Å². The summed E-state index contributed by atoms with van der Waals surface area (Å²) in [6.45, 7) is 2.89. The summed E-state index contributed by atoms with van der Waals surface area (Å²) in [5.74, 6) is 1.99. The number of benzene rings is 3. The van der Waals surface area contributed by atoms with Crippen LogP contribution in [0.2, 0.25) is 0 Å². The van der Waals surface area contributed by atoms with Gasteiger partial charge in [0.1, 0.15) is 18.2 Å². The van der Waals surface area contributed by atoms with Crippen molar-refractivity contribution >= 4 is 10.9 Å². The Labute approximate surface area is 183 Å². The molecule has 1 heterocycles. The van der Waals surface area contributed by atoms with Gasteiger partial charge in [0, 0.05) is 16.8 Å². The first kappa shape index (κ1) is 19.9. The normalized spacial score (nSPS) is 18.9. The van der Waals surface area contributed by atoms with Crippen molar-refractivity contribution in [3.8, 4) is 11.4 Å². The van der Waals surface area contributed by atoms with Gasteiger partial charge in [-0.25, -0.2) is 4.39 Å². The maximum absolute atomic E-state index is 13.6. The van der Waals surface area contributed by atoms with Crippen LogP contribution < -0.4 is 4.74 Å². The van der Waals surface area contributed by atoms with Crippen LogP contribution in [0.4, 0.5) is 4.39 Å². The highest BCUT2D eigenvalue weighted by Crippen LogP contribution is 2.41. The number of aromatic nitrogens is 1. The molecule has 0 radical (unpaired) electrons. The summed E-state index contributed by atoms with van der Waals surface area (Å²) in [4.78, 5) is 0. The average molecular weight is 414 g/mol. The average Bonchev–Trinajstić information content (AvgIpc) is 3.19. The molecule has 3 heteroatoms. The van der Waals surface area contributed by atoms with Gasteiger partial charge in [-0.05, 0) is 72.7 Å². The van der Waals surface area contributed by atoms with Crippen LogP contribution in [0.3, 0.4) is 0 Å². The molecule has 158 valence electrons. The van der Waals surface area contributed by atoms with Gasteiger partial charge < -0.3 is 9.30 Å². The number of hydrogen-bond donors (Lipinski definition) is 0. The van der Waals surface area contributed by atoms with E-state index in [-0.39, 0.29) is 5.82 Å². The molecule has 31 heavy (non-hydrogen) atoms. The van der Waals surface area contributed by atoms with E-state index in [4.69, 9.17) is 4.74 Å². The van der Waals surface area contributed by atoms with E-state index in [0.29, 0.717) is 12.5 Å². The number of ether oxygens (including phenoxy) is 1. The largest absolute Gasteiger partial charge is 0.488 e. The lowest BCUT2D eigenvalue weighted by atomic mass is 9.81. The number of halogens is 1. The van der Waals surface area contributed by atoms with E-state index in [0.717, 1.165) is 33.8 Å². The Hall–Kier alpha value is -3.07. The predicted octanol–water partition coefficient (Wildman–Crippen LogP) is 7.64. The van der Waals surface area contributed by atoms with Crippen LogP contribution in [0.15, 0.2) is 78.9 Å². The van der Waals surface area contributed by atoms with Gasteiger partial charge in [-0.2, -0.15) is 0 Å². The zero-order chi connectivity index (χ0) is 21.2. The maximum Gasteiger partial charge on any atom is 0.129 e. The number of rotatable bonds is 5. The minimum Gasteiger partial charge on any atom is -0.488 e. The van der Waals surface area contributed by atoms with Gasteiger partial charge in [-0.3, -0.25) is 0 Å². The Morgan fingerprint density at radius 1 is 0.871 bits per heavy atom. The number of hydrogen-bond acceptors (Lipinski definition) is 1. The molecule has 0 unspecified atom stereocenters. The smallest absolute Gasteiger partial charge is 0.129 e. The zero-order valence-corrected chi connectivity index (χ0v) is 17.9. The lowest BCUT2D eigenvalue weighted by Crippen LogP contribution is -2.14. The van der Waals surface area contributed by atoms with Crippen LogP contribution >= 0.6 is 0 Å². The third-order valence-electron chi connectivity index (χ3n) is 6.59. The first-order valence-corrected chi connectivity index (χ1v) is 11.3. The van der Waals surface area contributed by atoms with Gasteiger partial charge in [-0.15, -0.1) is 0 Å². The molecule has 1 aliphatic carbocycles. The molecule has 1 fully saturated rings. The fraction of sp³-hybridized carbons (Fsp3) is 0.286. The molecule has 0 spiro atoms. The van der Waals surface area contributed by atoms with E-state index >= 15 is 0 Å². The lowest BCUT2D eigenvalue weighted by molar-refractivity contribution is 0.310. The summed E-state index contributed by atoms with van der Waals surface area (Å²) in [5.41, 5.74) is 4.58. The molecule has 1 aromatic heterocycles. The molecule has 4 aromatic rings. The van der Waals surface area contributed by atoms with Crippen LogP contribution in [-0.4, -0.2) is 4.57 Å². The van der Waals surface area contributed by atoms with Crippen LogP contribution in [-0.2, 0) is 6.61 Å². The van der Waals surface area contributed by atoms with E-state index in [9.17, 15) is 4.39 Å². The third-order valence-corrected chi connectivity index (χ3v) is 6.59. The van der Waals surface area contributed by atoms with Crippen LogP contribution in [0, 0.1) is 11.7 Å². The standard InChI is InChI=1S/C28H28FNO/c1-20-10-12-22(13-11-20)27-18-25-26(30(27)24-16-14-23(29)15-17-24)8-5-9-28(25)31-19-21-6-3-2-4-7-21/h2-9,14-18,20,22H,10-13,19H2,1H3. The number of fused-ring (bicyclic) bond motifs is 1. The minimum absolute atomic E-state index is 0.208. The molecule has 0 N–H and O–H groups in total. The zero-order valence-electron chi connectivity index (χ0n) is 17.9. The Balaban J connectivity index is 1.58. The third kappa shape index (κ3) is 4.10. The van der Waals surface area contributed by atoms with E-state index < -0.39 is 0 Å². The highest BCUT2D eigenvalue weighted by atomic mass is 19.1. The molecule has 3 aromatic carbocycles. The molecular weight excluding hydrogens is 385 g/mol. The van der Waals surface area contributed by atoms with Crippen molar-refractivity contribution in [1.82, 2.24) is 4.57 Å². The topological polar surface area (TPSA) is 14.2 Å². The molecule has 0 bridgehead atoms. The summed E-state index contributed by atoms with van der Waals surface area (Å²) in [5, 5.41) is 1.12. The van der Waals surface area contributed by atoms with Crippen LogP contribution in [0.25, 0.3) is 16.6 Å². The molecule has 0 atom stereocenters. The second kappa shape index (κ2) is 8.58. The predicted molar refractivity (Wildman–Crippen MR) is 124 cm³/mol. The molecule has 1 saturated carbocycles. The monoisotopic (exact) mass is 413 g/mol. The molecule has 0 saturated heterocycles. The molecule has 2 nitrogen and oxygen atoms in total. The van der Waals surface area contributed by atoms with Crippen molar-refractivity contribution in [3.63, 3.8) is 0 Å². The number of nitrogens with zero attached hydrogens (tertiary/aromatic N) is 1. The summed E-state index contributed by atoms with van der Waals surface area (Å²) in [6, 6.07) is 25.6. The van der Waals surface area contributed by atoms with Gasteiger partial charge in [-0.1, -0.05) is 56.2 Å². The summed E-state index contributed by atoms with van der Waals surface area (Å²) >= 11 is 0. The SMILES string of the molecule is CC1CCC(c2cc3c(OCc4ccccc4)cccc3n2-c2ccc(F)cc2)CC1. The fourth-order valence-electron chi connectivity index (χ4n) is 4.82. The van der Waals surface area contributed by atoms with Crippen LogP contribution in [0.1, 0.15) is 49.8 Å². The molecule has 5 rings (SSSR count). The van der Waals surface area contributed by atoms with Gasteiger partial charge >= 0.3 is 0 Å². The van der Waals surface area contributed by atoms with Crippen LogP contribution in [0.5, 0.6) is 5.75 Å². The first-order chi connectivity index (χ1) is 15.2. The Morgan fingerprint density at radius 2 is 1.61 bits per heavy atom. The highest BCUT2D eigenvalue weighted by molar-refractivity contribution is 5.89. The van der Waals surface area contributed by atoms with Gasteiger partial charge in [0.15, 0.2) is 0 Å². The quantitative estimate of drug-likeness (QED) is 0.328. The molecule has 0 amide bonds. The Kier molecular flexibility index (Phi) is 5.50. The molecular formula is C28H28FNO. The van der Waals surface area contributed by atoms with Gasteiger partial charge in [0.25, 0.3) is 0 Å². The van der Waals surface area contributed by atoms with E-state index in [1.807, 2.05) is 36.4 Å². The van der Waals surface area contributed by atoms with E-state index in [1.165, 1.54) is 31.4 Å². The first-order valence-electron chi connectivity index (χ1n) is 11.3. The van der Waals surface area contributed by atoms with Crippen molar-refractivity contribution in [3.05, 3.63) is 95.9 Å². The summed E-state index contributed by atoms with van der Waals surface area (Å²) in [6.07, 6.45) is 4.90. The fourth-order valence-corrected chi connectivity index (χ4v) is 4.82. The summed E-state index contributed by atoms with van der Waals surface area (Å²) in [7, 11) is 0. The Bertz CT molecular complexity index is 1160. The summed E-state index contributed by atoms with van der Waals surface area (Å²) < 4.78 is 22.2. The maximum atomic E-state index is 13.6. The van der Waals surface area contributed by atoms with Crippen molar-refractivity contribution < 1.29 is 9.13 Å².